The first-order valence-corrected chi connectivity index (χ1v) is 10.9. The Labute approximate surface area is 166 Å². The number of para-hydroxylation sites is 1. The van der Waals surface area contributed by atoms with Crippen LogP contribution in [0.3, 0.4) is 0 Å². The first-order valence-electron chi connectivity index (χ1n) is 9.48. The Bertz CT molecular complexity index is 900. The highest BCUT2D eigenvalue weighted by Gasteiger charge is 2.34. The van der Waals surface area contributed by atoms with E-state index in [1.807, 2.05) is 24.3 Å². The fourth-order valence-electron chi connectivity index (χ4n) is 3.55. The molecule has 0 bridgehead atoms. The third-order valence-corrected chi connectivity index (χ3v) is 6.98. The van der Waals surface area contributed by atoms with Crippen LogP contribution in [0.15, 0.2) is 59.5 Å². The van der Waals surface area contributed by atoms with Gasteiger partial charge in [0.25, 0.3) is 0 Å². The van der Waals surface area contributed by atoms with Gasteiger partial charge >= 0.3 is 0 Å². The Morgan fingerprint density at radius 2 is 1.82 bits per heavy atom. The van der Waals surface area contributed by atoms with Crippen LogP contribution in [0.25, 0.3) is 0 Å². The summed E-state index contributed by atoms with van der Waals surface area (Å²) in [6.45, 7) is 0.794. The molecule has 1 atom stereocenters. The molecule has 0 aliphatic carbocycles. The monoisotopic (exact) mass is 402 g/mol. The quantitative estimate of drug-likeness (QED) is 0.773. The maximum atomic E-state index is 13.0. The number of piperidine rings is 1. The molecular formula is C21H26N2O4S. The molecular weight excluding hydrogens is 376 g/mol. The van der Waals surface area contributed by atoms with Crippen LogP contribution < -0.4 is 10.1 Å². The Hall–Kier alpha value is -2.38. The summed E-state index contributed by atoms with van der Waals surface area (Å²) >= 11 is 0. The second kappa shape index (κ2) is 9.21. The Balaban J connectivity index is 1.67. The molecule has 2 aromatic carbocycles. The topological polar surface area (TPSA) is 75.7 Å². The van der Waals surface area contributed by atoms with Crippen molar-refractivity contribution in [3.63, 3.8) is 0 Å². The minimum atomic E-state index is -3.60. The van der Waals surface area contributed by atoms with Gasteiger partial charge in [0.1, 0.15) is 5.75 Å². The molecule has 1 aliphatic heterocycles. The Morgan fingerprint density at radius 1 is 1.11 bits per heavy atom. The van der Waals surface area contributed by atoms with Gasteiger partial charge in [-0.3, -0.25) is 4.79 Å². The van der Waals surface area contributed by atoms with E-state index in [1.54, 1.807) is 37.4 Å². The summed E-state index contributed by atoms with van der Waals surface area (Å²) in [5, 5.41) is 2.89. The van der Waals surface area contributed by atoms with Crippen LogP contribution in [0.5, 0.6) is 5.75 Å². The van der Waals surface area contributed by atoms with Crippen LogP contribution in [0.2, 0.25) is 0 Å². The molecule has 2 aromatic rings. The average Bonchev–Trinajstić information content (AvgIpc) is 2.73. The highest BCUT2D eigenvalue weighted by molar-refractivity contribution is 7.89. The number of carbonyl (C=O) groups excluding carboxylic acids is 1. The lowest BCUT2D eigenvalue weighted by molar-refractivity contribution is -0.122. The summed E-state index contributed by atoms with van der Waals surface area (Å²) in [5.74, 6) is 0.555. The fourth-order valence-corrected chi connectivity index (χ4v) is 5.27. The summed E-state index contributed by atoms with van der Waals surface area (Å²) in [6, 6.07) is 15.6. The standard InChI is InChI=1S/C21H26N2O4S/c1-27-20-13-6-5-9-17(20)16-22-21(24)15-18-10-7-8-14-23(18)28(25,26)19-11-3-2-4-12-19/h2-6,9,11-13,18H,7-8,10,14-16H2,1H3,(H,22,24)/t18-/m1/s1. The van der Waals surface area contributed by atoms with E-state index in [4.69, 9.17) is 4.74 Å². The number of rotatable bonds is 7. The van der Waals surface area contributed by atoms with E-state index in [0.29, 0.717) is 25.3 Å². The van der Waals surface area contributed by atoms with Gasteiger partial charge in [-0.2, -0.15) is 4.31 Å². The molecule has 1 heterocycles. The predicted molar refractivity (Wildman–Crippen MR) is 107 cm³/mol. The van der Waals surface area contributed by atoms with E-state index < -0.39 is 10.0 Å². The lowest BCUT2D eigenvalue weighted by Gasteiger charge is -2.34. The second-order valence-electron chi connectivity index (χ2n) is 6.87. The van der Waals surface area contributed by atoms with Gasteiger partial charge in [0.2, 0.25) is 15.9 Å². The number of nitrogens with one attached hydrogen (secondary N) is 1. The first-order chi connectivity index (χ1) is 13.5. The Kier molecular flexibility index (Phi) is 6.70. The number of amides is 1. The van der Waals surface area contributed by atoms with Crippen LogP contribution in [-0.2, 0) is 21.4 Å². The number of methoxy groups -OCH3 is 1. The fraction of sp³-hybridized carbons (Fsp3) is 0.381. The Morgan fingerprint density at radius 3 is 2.57 bits per heavy atom. The molecule has 0 saturated carbocycles. The number of sulfonamides is 1. The summed E-state index contributed by atoms with van der Waals surface area (Å²) < 4.78 is 32.8. The van der Waals surface area contributed by atoms with Crippen molar-refractivity contribution in [1.29, 1.82) is 0 Å². The van der Waals surface area contributed by atoms with E-state index in [2.05, 4.69) is 5.32 Å². The maximum absolute atomic E-state index is 13.0. The number of ether oxygens (including phenoxy) is 1. The van der Waals surface area contributed by atoms with Gasteiger partial charge in [0.15, 0.2) is 0 Å². The van der Waals surface area contributed by atoms with Gasteiger partial charge in [-0.25, -0.2) is 8.42 Å². The minimum absolute atomic E-state index is 0.154. The largest absolute Gasteiger partial charge is 0.496 e. The van der Waals surface area contributed by atoms with Crippen LogP contribution >= 0.6 is 0 Å². The maximum Gasteiger partial charge on any atom is 0.243 e. The number of hydrogen-bond donors (Lipinski definition) is 1. The van der Waals surface area contributed by atoms with Gasteiger partial charge in [-0.1, -0.05) is 42.8 Å². The predicted octanol–water partition coefficient (Wildman–Crippen LogP) is 2.94. The molecule has 7 heteroatoms. The number of carbonyl (C=O) groups is 1. The van der Waals surface area contributed by atoms with E-state index in [1.165, 1.54) is 4.31 Å². The van der Waals surface area contributed by atoms with Crippen molar-refractivity contribution in [1.82, 2.24) is 9.62 Å². The van der Waals surface area contributed by atoms with Crippen LogP contribution in [0.4, 0.5) is 0 Å². The summed E-state index contributed by atoms with van der Waals surface area (Å²) in [7, 11) is -2.01. The first kappa shape index (κ1) is 20.4. The highest BCUT2D eigenvalue weighted by Crippen LogP contribution is 2.27. The molecule has 0 aromatic heterocycles. The van der Waals surface area contributed by atoms with Crippen molar-refractivity contribution in [2.75, 3.05) is 13.7 Å². The van der Waals surface area contributed by atoms with Crippen molar-refractivity contribution in [2.45, 2.75) is 43.2 Å². The summed E-state index contributed by atoms with van der Waals surface area (Å²) in [4.78, 5) is 12.8. The van der Waals surface area contributed by atoms with E-state index in [-0.39, 0.29) is 23.3 Å². The molecule has 1 aliphatic rings. The van der Waals surface area contributed by atoms with E-state index in [0.717, 1.165) is 18.4 Å². The molecule has 1 fully saturated rings. The normalized spacial score (nSPS) is 17.8. The lowest BCUT2D eigenvalue weighted by Crippen LogP contribution is -2.45. The van der Waals surface area contributed by atoms with Gasteiger partial charge in [-0.15, -0.1) is 0 Å². The van der Waals surface area contributed by atoms with Gasteiger partial charge in [-0.05, 0) is 31.0 Å². The molecule has 0 radical (unpaired) electrons. The van der Waals surface area contributed by atoms with Crippen molar-refractivity contribution < 1.29 is 17.9 Å². The zero-order valence-corrected chi connectivity index (χ0v) is 16.8. The van der Waals surface area contributed by atoms with Crippen molar-refractivity contribution in [3.05, 3.63) is 60.2 Å². The molecule has 3 rings (SSSR count). The average molecular weight is 403 g/mol. The van der Waals surface area contributed by atoms with Gasteiger partial charge in [0, 0.05) is 31.1 Å². The zero-order chi connectivity index (χ0) is 20.0. The van der Waals surface area contributed by atoms with Crippen LogP contribution in [-0.4, -0.2) is 38.3 Å². The highest BCUT2D eigenvalue weighted by atomic mass is 32.2. The lowest BCUT2D eigenvalue weighted by atomic mass is 10.0. The SMILES string of the molecule is COc1ccccc1CNC(=O)C[C@H]1CCCCN1S(=O)(=O)c1ccccc1. The van der Waals surface area contributed by atoms with Crippen molar-refractivity contribution in [3.8, 4) is 5.75 Å². The molecule has 150 valence electrons. The van der Waals surface area contributed by atoms with E-state index in [9.17, 15) is 13.2 Å². The number of nitrogens with zero attached hydrogens (tertiary/aromatic N) is 1. The van der Waals surface area contributed by atoms with E-state index >= 15 is 0 Å². The summed E-state index contributed by atoms with van der Waals surface area (Å²) in [5.41, 5.74) is 0.885. The molecule has 1 saturated heterocycles. The third-order valence-electron chi connectivity index (χ3n) is 5.01. The van der Waals surface area contributed by atoms with Gasteiger partial charge in [0.05, 0.1) is 12.0 Å². The zero-order valence-electron chi connectivity index (χ0n) is 16.0. The third kappa shape index (κ3) is 4.72. The molecule has 0 unspecified atom stereocenters. The summed E-state index contributed by atoms with van der Waals surface area (Å²) in [6.07, 6.45) is 2.58. The van der Waals surface area contributed by atoms with Crippen LogP contribution in [0.1, 0.15) is 31.2 Å². The van der Waals surface area contributed by atoms with Crippen molar-refractivity contribution >= 4 is 15.9 Å². The molecule has 1 amide bonds. The van der Waals surface area contributed by atoms with Gasteiger partial charge < -0.3 is 10.1 Å². The molecule has 1 N–H and O–H groups in total. The smallest absolute Gasteiger partial charge is 0.243 e. The number of benzene rings is 2. The molecule has 6 nitrogen and oxygen atoms in total. The molecule has 0 spiro atoms. The van der Waals surface area contributed by atoms with Crippen LogP contribution in [0, 0.1) is 0 Å². The second-order valence-corrected chi connectivity index (χ2v) is 8.76. The van der Waals surface area contributed by atoms with Crippen molar-refractivity contribution in [2.24, 2.45) is 0 Å². The minimum Gasteiger partial charge on any atom is -0.496 e. The number of hydrogen-bond acceptors (Lipinski definition) is 4. The molecule has 28 heavy (non-hydrogen) atoms.